The number of anilines is 1. The molecule has 0 aliphatic carbocycles. The quantitative estimate of drug-likeness (QED) is 0.683. The molecule has 11 heteroatoms. The molecule has 0 aromatic heterocycles. The zero-order valence-electron chi connectivity index (χ0n) is 14.3. The van der Waals surface area contributed by atoms with E-state index in [4.69, 9.17) is 16.3 Å². The average Bonchev–Trinajstić information content (AvgIpc) is 2.63. The van der Waals surface area contributed by atoms with Crippen LogP contribution in [0.4, 0.5) is 18.9 Å². The molecule has 0 bridgehead atoms. The molecule has 0 atom stereocenters. The number of nitrogens with zero attached hydrogens (tertiary/aromatic N) is 1. The first-order valence-electron chi connectivity index (χ1n) is 8.07. The van der Waals surface area contributed by atoms with Crippen molar-refractivity contribution in [3.8, 4) is 11.1 Å². The largest absolute Gasteiger partial charge is 0.374 e. The summed E-state index contributed by atoms with van der Waals surface area (Å²) in [7, 11) is -3.94. The summed E-state index contributed by atoms with van der Waals surface area (Å²) in [6, 6.07) is 8.70. The maximum absolute atomic E-state index is 13.8. The molecule has 1 aliphatic heterocycles. The summed E-state index contributed by atoms with van der Waals surface area (Å²) in [4.78, 5) is 3.93. The van der Waals surface area contributed by atoms with Crippen LogP contribution in [0.3, 0.4) is 0 Å². The van der Waals surface area contributed by atoms with Gasteiger partial charge in [0.1, 0.15) is 17.3 Å². The first-order chi connectivity index (χ1) is 13.3. The number of sulfonamides is 1. The van der Waals surface area contributed by atoms with Gasteiger partial charge in [0.15, 0.2) is 0 Å². The second kappa shape index (κ2) is 8.38. The molecule has 0 saturated carbocycles. The summed E-state index contributed by atoms with van der Waals surface area (Å²) < 4.78 is 70.0. The van der Waals surface area contributed by atoms with Gasteiger partial charge in [-0.1, -0.05) is 35.9 Å². The zero-order valence-corrected chi connectivity index (χ0v) is 15.8. The van der Waals surface area contributed by atoms with E-state index in [2.05, 4.69) is 15.0 Å². The van der Waals surface area contributed by atoms with Crippen LogP contribution in [0.5, 0.6) is 0 Å². The summed E-state index contributed by atoms with van der Waals surface area (Å²) in [5.41, 5.74) is 0.859. The third kappa shape index (κ3) is 4.40. The lowest BCUT2D eigenvalue weighted by molar-refractivity contribution is 0.0207. The summed E-state index contributed by atoms with van der Waals surface area (Å²) in [6.45, 7) is -0.883. The van der Waals surface area contributed by atoms with Crippen molar-refractivity contribution in [1.29, 1.82) is 0 Å². The number of rotatable bonds is 6. The number of hydrogen-bond acceptors (Lipinski definition) is 4. The Kier molecular flexibility index (Phi) is 6.11. The van der Waals surface area contributed by atoms with Crippen LogP contribution >= 0.6 is 11.6 Å². The number of alkyl halides is 2. The minimum atomic E-state index is -3.94. The molecule has 1 aliphatic rings. The number of para-hydroxylation sites is 1. The highest BCUT2D eigenvalue weighted by atomic mass is 35.5. The SMILES string of the molecule is O=S1(=O)NC(=NCCOCC(F)F)Nc2c(-c3cccc(F)c3Cl)cccc21. The molecule has 28 heavy (non-hydrogen) atoms. The second-order valence-corrected chi connectivity index (χ2v) is 7.74. The van der Waals surface area contributed by atoms with Gasteiger partial charge in [0.25, 0.3) is 16.4 Å². The number of nitrogens with one attached hydrogen (secondary N) is 2. The second-order valence-electron chi connectivity index (χ2n) is 5.71. The first-order valence-corrected chi connectivity index (χ1v) is 9.93. The topological polar surface area (TPSA) is 79.8 Å². The smallest absolute Gasteiger partial charge is 0.266 e. The lowest BCUT2D eigenvalue weighted by Gasteiger charge is -2.24. The Balaban J connectivity index is 1.93. The third-order valence-electron chi connectivity index (χ3n) is 3.78. The molecule has 0 spiro atoms. The fourth-order valence-corrected chi connectivity index (χ4v) is 4.01. The number of ether oxygens (including phenoxy) is 1. The number of guanidine groups is 1. The zero-order chi connectivity index (χ0) is 20.3. The number of aliphatic imine (C=N–C) groups is 1. The highest BCUT2D eigenvalue weighted by molar-refractivity contribution is 7.90. The summed E-state index contributed by atoms with van der Waals surface area (Å²) >= 11 is 6.05. The molecule has 6 nitrogen and oxygen atoms in total. The van der Waals surface area contributed by atoms with Gasteiger partial charge in [-0.25, -0.2) is 31.3 Å². The number of benzene rings is 2. The summed E-state index contributed by atoms with van der Waals surface area (Å²) in [5.74, 6) is -0.744. The average molecular weight is 434 g/mol. The Hall–Kier alpha value is -2.30. The number of halogens is 4. The molecule has 0 fully saturated rings. The maximum Gasteiger partial charge on any atom is 0.266 e. The van der Waals surface area contributed by atoms with E-state index in [-0.39, 0.29) is 34.7 Å². The van der Waals surface area contributed by atoms with E-state index < -0.39 is 28.9 Å². The van der Waals surface area contributed by atoms with Gasteiger partial charge < -0.3 is 10.1 Å². The minimum absolute atomic E-state index is 0.0458. The lowest BCUT2D eigenvalue weighted by atomic mass is 10.0. The molecule has 0 amide bonds. The fraction of sp³-hybridized carbons (Fsp3) is 0.235. The Morgan fingerprint density at radius 2 is 1.86 bits per heavy atom. The van der Waals surface area contributed by atoms with Crippen LogP contribution in [0.25, 0.3) is 11.1 Å². The van der Waals surface area contributed by atoms with E-state index in [1.165, 1.54) is 24.3 Å². The van der Waals surface area contributed by atoms with Crippen LogP contribution in [0.1, 0.15) is 0 Å². The van der Waals surface area contributed by atoms with Gasteiger partial charge in [-0.05, 0) is 12.1 Å². The van der Waals surface area contributed by atoms with Crippen molar-refractivity contribution in [2.24, 2.45) is 4.99 Å². The van der Waals surface area contributed by atoms with Gasteiger partial charge in [-0.3, -0.25) is 0 Å². The van der Waals surface area contributed by atoms with Crippen LogP contribution < -0.4 is 10.0 Å². The highest BCUT2D eigenvalue weighted by Crippen LogP contribution is 2.39. The van der Waals surface area contributed by atoms with Crippen LogP contribution in [0.15, 0.2) is 46.3 Å². The van der Waals surface area contributed by atoms with Crippen molar-refractivity contribution in [2.45, 2.75) is 11.3 Å². The number of fused-ring (bicyclic) bond motifs is 1. The standard InChI is InChI=1S/C17H15ClF3N3O3S/c18-15-10(3-1-5-12(15)19)11-4-2-6-13-16(11)23-17(24-28(13,25)26)22-7-8-27-9-14(20)21/h1-6,14H,7-9H2,(H2,22,23,24). The Morgan fingerprint density at radius 3 is 2.61 bits per heavy atom. The van der Waals surface area contributed by atoms with Crippen LogP contribution in [0, 0.1) is 5.82 Å². The normalized spacial score (nSPS) is 16.5. The van der Waals surface area contributed by atoms with Crippen molar-refractivity contribution >= 4 is 33.3 Å². The van der Waals surface area contributed by atoms with E-state index in [0.29, 0.717) is 11.1 Å². The van der Waals surface area contributed by atoms with Gasteiger partial charge in [0.05, 0.1) is 23.9 Å². The van der Waals surface area contributed by atoms with Crippen molar-refractivity contribution in [1.82, 2.24) is 4.72 Å². The van der Waals surface area contributed by atoms with Gasteiger partial charge >= 0.3 is 0 Å². The van der Waals surface area contributed by atoms with E-state index in [1.54, 1.807) is 12.1 Å². The van der Waals surface area contributed by atoms with Gasteiger partial charge in [-0.2, -0.15) is 0 Å². The Bertz CT molecular complexity index is 1020. The van der Waals surface area contributed by atoms with E-state index in [1.807, 2.05) is 0 Å². The Labute approximate surface area is 164 Å². The summed E-state index contributed by atoms with van der Waals surface area (Å²) in [5, 5.41) is 2.70. The van der Waals surface area contributed by atoms with Gasteiger partial charge in [0.2, 0.25) is 5.96 Å². The van der Waals surface area contributed by atoms with Crippen molar-refractivity contribution in [2.75, 3.05) is 25.1 Å². The highest BCUT2D eigenvalue weighted by Gasteiger charge is 2.29. The van der Waals surface area contributed by atoms with E-state index in [0.717, 1.165) is 0 Å². The van der Waals surface area contributed by atoms with E-state index >= 15 is 0 Å². The molecular formula is C17H15ClF3N3O3S. The predicted octanol–water partition coefficient (Wildman–Crippen LogP) is 3.49. The Morgan fingerprint density at radius 1 is 1.14 bits per heavy atom. The maximum atomic E-state index is 13.8. The van der Waals surface area contributed by atoms with Gasteiger partial charge in [0, 0.05) is 11.1 Å². The lowest BCUT2D eigenvalue weighted by Crippen LogP contribution is -2.41. The van der Waals surface area contributed by atoms with Crippen LogP contribution in [-0.4, -0.2) is 40.6 Å². The minimum Gasteiger partial charge on any atom is -0.374 e. The third-order valence-corrected chi connectivity index (χ3v) is 5.55. The van der Waals surface area contributed by atoms with Crippen molar-refractivity contribution in [3.05, 3.63) is 47.2 Å². The molecule has 0 unspecified atom stereocenters. The summed E-state index contributed by atoms with van der Waals surface area (Å²) in [6.07, 6.45) is -2.59. The van der Waals surface area contributed by atoms with Crippen LogP contribution in [-0.2, 0) is 14.8 Å². The van der Waals surface area contributed by atoms with Crippen molar-refractivity contribution < 1.29 is 26.3 Å². The first kappa shape index (κ1) is 20.4. The molecule has 2 aromatic rings. The van der Waals surface area contributed by atoms with Crippen LogP contribution in [0.2, 0.25) is 5.02 Å². The van der Waals surface area contributed by atoms with Gasteiger partial charge in [-0.15, -0.1) is 0 Å². The van der Waals surface area contributed by atoms with Crippen molar-refractivity contribution in [3.63, 3.8) is 0 Å². The molecule has 2 aromatic carbocycles. The molecule has 150 valence electrons. The fourth-order valence-electron chi connectivity index (χ4n) is 2.61. The number of hydrogen-bond donors (Lipinski definition) is 2. The monoisotopic (exact) mass is 433 g/mol. The molecule has 3 rings (SSSR count). The van der Waals surface area contributed by atoms with E-state index in [9.17, 15) is 21.6 Å². The molecule has 0 saturated heterocycles. The predicted molar refractivity (Wildman–Crippen MR) is 99.9 cm³/mol. The molecule has 2 N–H and O–H groups in total. The molecule has 1 heterocycles. The molecule has 0 radical (unpaired) electrons. The molecular weight excluding hydrogens is 419 g/mol.